The summed E-state index contributed by atoms with van der Waals surface area (Å²) in [4.78, 5) is 44.4. The molecule has 1 saturated carbocycles. The summed E-state index contributed by atoms with van der Waals surface area (Å²) in [5, 5.41) is 16.3. The molecule has 1 fully saturated rings. The lowest BCUT2D eigenvalue weighted by molar-refractivity contribution is -0.120. The van der Waals surface area contributed by atoms with E-state index in [1.165, 1.54) is 0 Å². The number of anilines is 3. The van der Waals surface area contributed by atoms with E-state index < -0.39 is 6.04 Å². The summed E-state index contributed by atoms with van der Waals surface area (Å²) < 4.78 is 12.9. The second-order valence-electron chi connectivity index (χ2n) is 15.3. The highest BCUT2D eigenvalue weighted by Gasteiger charge is 2.31. The van der Waals surface area contributed by atoms with Crippen LogP contribution in [0.25, 0.3) is 0 Å². The third kappa shape index (κ3) is 11.3. The van der Waals surface area contributed by atoms with Gasteiger partial charge in [0.25, 0.3) is 11.8 Å². The molecule has 2 aliphatic rings. The Morgan fingerprint density at radius 3 is 2.41 bits per heavy atom. The normalized spacial score (nSPS) is 21.0. The van der Waals surface area contributed by atoms with Gasteiger partial charge < -0.3 is 35.8 Å². The van der Waals surface area contributed by atoms with Crippen LogP contribution < -0.4 is 21.1 Å². The number of fused-ring (bicyclic) bond motifs is 1. The van der Waals surface area contributed by atoms with E-state index in [4.69, 9.17) is 15.2 Å². The molecular weight excluding hydrogens is 683 g/mol. The lowest BCUT2D eigenvalue weighted by Crippen LogP contribution is -2.47. The molecule has 1 aliphatic carbocycles. The highest BCUT2D eigenvalue weighted by molar-refractivity contribution is 6.05. The zero-order valence-corrected chi connectivity index (χ0v) is 32.4. The first-order valence-corrected chi connectivity index (χ1v) is 19.6. The molecule has 1 aliphatic heterocycles. The van der Waals surface area contributed by atoms with Gasteiger partial charge in [-0.05, 0) is 101 Å². The Morgan fingerprint density at radius 2 is 1.69 bits per heavy atom. The Kier molecular flexibility index (Phi) is 14.9. The van der Waals surface area contributed by atoms with E-state index in [2.05, 4.69) is 22.5 Å². The average Bonchev–Trinajstić information content (AvgIpc) is 3.17. The summed E-state index contributed by atoms with van der Waals surface area (Å²) in [5.74, 6) is -0.124. The number of nitrogens with one attached hydrogen (secondary N) is 2. The predicted octanol–water partition coefficient (Wildman–Crippen LogP) is 6.97. The van der Waals surface area contributed by atoms with Crippen molar-refractivity contribution >= 4 is 34.8 Å². The highest BCUT2D eigenvalue weighted by Crippen LogP contribution is 2.30. The van der Waals surface area contributed by atoms with Gasteiger partial charge in [-0.25, -0.2) is 0 Å². The topological polar surface area (TPSA) is 146 Å². The van der Waals surface area contributed by atoms with Crippen LogP contribution in [0.2, 0.25) is 0 Å². The minimum absolute atomic E-state index is 0.00861. The van der Waals surface area contributed by atoms with Crippen molar-refractivity contribution in [1.29, 1.82) is 0 Å². The predicted molar refractivity (Wildman–Crippen MR) is 214 cm³/mol. The first kappa shape index (κ1) is 40.7. The van der Waals surface area contributed by atoms with Crippen molar-refractivity contribution < 1.29 is 29.0 Å². The fraction of sp³-hybridized carbons (Fsp3) is 0.512. The van der Waals surface area contributed by atoms with Gasteiger partial charge in [-0.2, -0.15) is 0 Å². The number of aliphatic hydroxyl groups is 1. The van der Waals surface area contributed by atoms with Crippen LogP contribution in [0.3, 0.4) is 0 Å². The fourth-order valence-corrected chi connectivity index (χ4v) is 7.32. The van der Waals surface area contributed by atoms with Crippen LogP contribution in [-0.2, 0) is 16.1 Å². The number of ether oxygens (including phenoxy) is 2. The third-order valence-electron chi connectivity index (χ3n) is 10.7. The first-order chi connectivity index (χ1) is 26.0. The molecule has 4 atom stereocenters. The number of carbonyl (C=O) groups excluding carboxylic acids is 3. The van der Waals surface area contributed by atoms with E-state index in [-0.39, 0.29) is 48.4 Å². The third-order valence-corrected chi connectivity index (χ3v) is 10.7. The highest BCUT2D eigenvalue weighted by atomic mass is 16.5. The number of benzene rings is 3. The lowest BCUT2D eigenvalue weighted by Gasteiger charge is -2.36. The maximum atomic E-state index is 14.5. The van der Waals surface area contributed by atoms with Crippen molar-refractivity contribution in [2.45, 2.75) is 96.9 Å². The Bertz CT molecular complexity index is 1690. The number of aliphatic hydroxyl groups excluding tert-OH is 1. The number of nitrogen functional groups attached to an aromatic ring is 1. The monoisotopic (exact) mass is 741 g/mol. The van der Waals surface area contributed by atoms with Gasteiger partial charge in [0.05, 0.1) is 41.8 Å². The van der Waals surface area contributed by atoms with Crippen LogP contribution in [0.15, 0.2) is 66.7 Å². The van der Waals surface area contributed by atoms with Gasteiger partial charge >= 0.3 is 0 Å². The number of hydrogen-bond donors (Lipinski definition) is 4. The molecule has 0 spiro atoms. The standard InChI is InChI=1S/C43H59N5O6/c1-29-25-48(30(2)28-49)43(52)36-24-35(45-41(50)33-13-6-5-7-14-33)21-22-39(36)54-31(3)12-10-11-23-53-40(29)27-47(4)26-32-17-19-34(20-18-32)42(51)46-38-16-9-8-15-37(38)44/h8-9,15-22,24,29-31,33,40,49H,5-7,10-14,23,25-28,44H2,1-4H3,(H,45,50)(H,46,51)/t29-,30+,31-,40-/m0/s1. The second-order valence-corrected chi connectivity index (χ2v) is 15.3. The minimum Gasteiger partial charge on any atom is -0.490 e. The number of carbonyl (C=O) groups is 3. The summed E-state index contributed by atoms with van der Waals surface area (Å²) in [5.41, 5.74) is 9.60. The molecule has 0 aromatic heterocycles. The summed E-state index contributed by atoms with van der Waals surface area (Å²) in [6.07, 6.45) is 7.26. The molecule has 5 N–H and O–H groups in total. The molecule has 0 radical (unpaired) electrons. The van der Waals surface area contributed by atoms with Gasteiger partial charge in [-0.3, -0.25) is 19.3 Å². The summed E-state index contributed by atoms with van der Waals surface area (Å²) >= 11 is 0. The quantitative estimate of drug-likeness (QED) is 0.163. The van der Waals surface area contributed by atoms with Crippen molar-refractivity contribution in [3.8, 4) is 5.75 Å². The largest absolute Gasteiger partial charge is 0.490 e. The van der Waals surface area contributed by atoms with Crippen molar-refractivity contribution in [2.24, 2.45) is 11.8 Å². The molecule has 0 saturated heterocycles. The molecule has 292 valence electrons. The maximum Gasteiger partial charge on any atom is 0.258 e. The molecule has 54 heavy (non-hydrogen) atoms. The van der Waals surface area contributed by atoms with Crippen LogP contribution in [0.5, 0.6) is 5.75 Å². The smallest absolute Gasteiger partial charge is 0.258 e. The lowest BCUT2D eigenvalue weighted by atomic mass is 9.88. The minimum atomic E-state index is -0.467. The average molecular weight is 742 g/mol. The number of para-hydroxylation sites is 2. The van der Waals surface area contributed by atoms with Crippen LogP contribution in [0, 0.1) is 11.8 Å². The van der Waals surface area contributed by atoms with Crippen LogP contribution in [0.4, 0.5) is 17.1 Å². The maximum absolute atomic E-state index is 14.5. The second kappa shape index (κ2) is 19.8. The van der Waals surface area contributed by atoms with Gasteiger partial charge in [-0.1, -0.05) is 50.5 Å². The molecule has 0 bridgehead atoms. The van der Waals surface area contributed by atoms with E-state index in [0.717, 1.165) is 56.9 Å². The molecule has 1 heterocycles. The molecule has 3 aromatic carbocycles. The van der Waals surface area contributed by atoms with Gasteiger partial charge in [0, 0.05) is 49.3 Å². The molecule has 11 heteroatoms. The van der Waals surface area contributed by atoms with Gasteiger partial charge in [0.2, 0.25) is 5.91 Å². The number of nitrogens with two attached hydrogens (primary N) is 1. The van der Waals surface area contributed by atoms with Gasteiger partial charge in [0.15, 0.2) is 0 Å². The Labute approximate surface area is 320 Å². The summed E-state index contributed by atoms with van der Waals surface area (Å²) in [6, 6.07) is 19.6. The van der Waals surface area contributed by atoms with Crippen molar-refractivity contribution in [3.05, 3.63) is 83.4 Å². The number of amides is 3. The van der Waals surface area contributed by atoms with Crippen LogP contribution in [0.1, 0.15) is 98.4 Å². The first-order valence-electron chi connectivity index (χ1n) is 19.6. The van der Waals surface area contributed by atoms with Crippen molar-refractivity contribution in [2.75, 3.05) is 49.7 Å². The molecule has 3 aromatic rings. The molecule has 0 unspecified atom stereocenters. The Morgan fingerprint density at radius 1 is 0.963 bits per heavy atom. The molecular formula is C43H59N5O6. The van der Waals surface area contributed by atoms with Crippen LogP contribution in [-0.4, -0.2) is 84.2 Å². The molecule has 11 nitrogen and oxygen atoms in total. The van der Waals surface area contributed by atoms with Gasteiger partial charge in [-0.15, -0.1) is 0 Å². The summed E-state index contributed by atoms with van der Waals surface area (Å²) in [7, 11) is 2.04. The van der Waals surface area contributed by atoms with Crippen molar-refractivity contribution in [1.82, 2.24) is 9.80 Å². The zero-order valence-electron chi connectivity index (χ0n) is 32.4. The van der Waals surface area contributed by atoms with E-state index in [1.807, 2.05) is 63.4 Å². The number of nitrogens with zero attached hydrogens (tertiary/aromatic N) is 2. The van der Waals surface area contributed by atoms with E-state index in [1.54, 1.807) is 29.2 Å². The van der Waals surface area contributed by atoms with E-state index >= 15 is 0 Å². The summed E-state index contributed by atoms with van der Waals surface area (Å²) in [6.45, 7) is 7.90. The number of hydrogen-bond acceptors (Lipinski definition) is 8. The Balaban J connectivity index is 1.30. The SMILES string of the molecule is C[C@H](CO)N1C[C@H](C)[C@H](CN(C)Cc2ccc(C(=O)Nc3ccccc3N)cc2)OCCCC[C@H](C)Oc2ccc(NC(=O)C3CCCCC3)cc2C1=O. The van der Waals surface area contributed by atoms with Crippen LogP contribution >= 0.6 is 0 Å². The zero-order chi connectivity index (χ0) is 38.6. The molecule has 5 rings (SSSR count). The van der Waals surface area contributed by atoms with E-state index in [0.29, 0.717) is 60.2 Å². The van der Waals surface area contributed by atoms with Gasteiger partial charge in [0.1, 0.15) is 5.75 Å². The molecule has 3 amide bonds. The van der Waals surface area contributed by atoms with E-state index in [9.17, 15) is 19.5 Å². The number of rotatable bonds is 10. The van der Waals surface area contributed by atoms with Crippen molar-refractivity contribution in [3.63, 3.8) is 0 Å². The fourth-order valence-electron chi connectivity index (χ4n) is 7.32. The number of likely N-dealkylation sites (N-methyl/N-ethyl adjacent to an activating group) is 1. The Hall–Kier alpha value is -4.45.